The van der Waals surface area contributed by atoms with Crippen LogP contribution in [0.15, 0.2) is 78.9 Å². The molecule has 1 heterocycles. The van der Waals surface area contributed by atoms with E-state index in [0.717, 1.165) is 50.3 Å². The van der Waals surface area contributed by atoms with E-state index in [9.17, 15) is 5.11 Å². The summed E-state index contributed by atoms with van der Waals surface area (Å²) < 4.78 is 5.62. The van der Waals surface area contributed by atoms with E-state index in [1.807, 2.05) is 18.4 Å². The van der Waals surface area contributed by atoms with Gasteiger partial charge in [-0.15, -0.1) is 0 Å². The van der Waals surface area contributed by atoms with E-state index in [1.165, 1.54) is 40.0 Å². The number of anilines is 1. The third kappa shape index (κ3) is 6.52. The minimum Gasteiger partial charge on any atom is -0.426 e. The zero-order valence-electron chi connectivity index (χ0n) is 21.7. The Labute approximate surface area is 220 Å². The minimum atomic E-state index is 0.172. The molecular formula is C31H38N2O2S. The first-order valence-electron chi connectivity index (χ1n) is 12.9. The molecule has 0 unspecified atom stereocenters. The second kappa shape index (κ2) is 13.0. The SMILES string of the molecule is CSOc1ccc(/C(=C(\CCCO)c2ccccc2)c2ccc(N3CCN(C(C)C)CC3)cc2)cc1. The highest BCUT2D eigenvalue weighted by atomic mass is 32.2. The topological polar surface area (TPSA) is 35.9 Å². The molecule has 4 nitrogen and oxygen atoms in total. The Morgan fingerprint density at radius 2 is 1.44 bits per heavy atom. The van der Waals surface area contributed by atoms with E-state index in [4.69, 9.17) is 4.18 Å². The van der Waals surface area contributed by atoms with Crippen molar-refractivity contribution in [1.82, 2.24) is 4.90 Å². The number of nitrogens with zero attached hydrogens (tertiary/aromatic N) is 2. The van der Waals surface area contributed by atoms with Crippen LogP contribution in [0.25, 0.3) is 11.1 Å². The van der Waals surface area contributed by atoms with Crippen LogP contribution in [0.2, 0.25) is 0 Å². The zero-order chi connectivity index (χ0) is 25.3. The number of hydrogen-bond acceptors (Lipinski definition) is 5. The molecule has 0 aliphatic carbocycles. The highest BCUT2D eigenvalue weighted by Crippen LogP contribution is 2.36. The molecule has 0 bridgehead atoms. The summed E-state index contributed by atoms with van der Waals surface area (Å²) in [7, 11) is 0. The number of piperazine rings is 1. The van der Waals surface area contributed by atoms with Gasteiger partial charge in [-0.1, -0.05) is 54.6 Å². The first-order chi connectivity index (χ1) is 17.6. The normalized spacial score (nSPS) is 15.2. The Kier molecular flexibility index (Phi) is 9.51. The summed E-state index contributed by atoms with van der Waals surface area (Å²) in [6.45, 7) is 9.05. The summed E-state index contributed by atoms with van der Waals surface area (Å²) in [4.78, 5) is 5.04. The fourth-order valence-electron chi connectivity index (χ4n) is 4.93. The lowest BCUT2D eigenvalue weighted by atomic mass is 9.87. The maximum atomic E-state index is 9.66. The summed E-state index contributed by atoms with van der Waals surface area (Å²) in [6.07, 6.45) is 3.45. The summed E-state index contributed by atoms with van der Waals surface area (Å²) in [5.41, 5.74) is 7.28. The molecule has 0 radical (unpaired) electrons. The van der Waals surface area contributed by atoms with Gasteiger partial charge in [-0.3, -0.25) is 4.90 Å². The minimum absolute atomic E-state index is 0.172. The number of aliphatic hydroxyl groups excluding tert-OH is 1. The van der Waals surface area contributed by atoms with Crippen LogP contribution in [0.5, 0.6) is 5.75 Å². The lowest BCUT2D eigenvalue weighted by Gasteiger charge is -2.38. The first kappa shape index (κ1) is 26.3. The van der Waals surface area contributed by atoms with Gasteiger partial charge in [0, 0.05) is 50.8 Å². The predicted octanol–water partition coefficient (Wildman–Crippen LogP) is 6.61. The molecule has 36 heavy (non-hydrogen) atoms. The van der Waals surface area contributed by atoms with Crippen LogP contribution in [-0.4, -0.2) is 55.1 Å². The van der Waals surface area contributed by atoms with Crippen LogP contribution in [0.3, 0.4) is 0 Å². The molecule has 1 N–H and O–H groups in total. The Hall–Kier alpha value is -2.73. The molecule has 5 heteroatoms. The highest BCUT2D eigenvalue weighted by molar-refractivity contribution is 7.94. The molecule has 1 aliphatic rings. The highest BCUT2D eigenvalue weighted by Gasteiger charge is 2.20. The van der Waals surface area contributed by atoms with Crippen LogP contribution in [0, 0.1) is 0 Å². The van der Waals surface area contributed by atoms with Gasteiger partial charge in [-0.05, 0) is 78.8 Å². The maximum Gasteiger partial charge on any atom is 0.137 e. The Morgan fingerprint density at radius 1 is 0.833 bits per heavy atom. The lowest BCUT2D eigenvalue weighted by molar-refractivity contribution is 0.209. The van der Waals surface area contributed by atoms with Gasteiger partial charge >= 0.3 is 0 Å². The molecule has 3 aromatic carbocycles. The summed E-state index contributed by atoms with van der Waals surface area (Å²) in [5, 5.41) is 9.66. The number of allylic oxidation sites excluding steroid dienone is 1. The van der Waals surface area contributed by atoms with E-state index >= 15 is 0 Å². The van der Waals surface area contributed by atoms with E-state index in [0.29, 0.717) is 6.04 Å². The van der Waals surface area contributed by atoms with Gasteiger partial charge < -0.3 is 14.2 Å². The standard InChI is InChI=1S/C31H38N2O2S/c1-24(2)32-19-21-33(22-20-32)28-15-11-26(12-16-28)31(27-13-17-29(18-14-27)35-36-3)30(10-7-23-34)25-8-5-4-6-9-25/h4-6,8-9,11-18,24,34H,7,10,19-23H2,1-3H3/b31-30+. The van der Waals surface area contributed by atoms with Crippen LogP contribution < -0.4 is 9.08 Å². The quantitative estimate of drug-likeness (QED) is 0.249. The van der Waals surface area contributed by atoms with E-state index in [1.54, 1.807) is 0 Å². The van der Waals surface area contributed by atoms with Crippen molar-refractivity contribution in [3.8, 4) is 5.75 Å². The number of benzene rings is 3. The van der Waals surface area contributed by atoms with Crippen molar-refractivity contribution in [3.63, 3.8) is 0 Å². The van der Waals surface area contributed by atoms with Crippen molar-refractivity contribution in [1.29, 1.82) is 0 Å². The summed E-state index contributed by atoms with van der Waals surface area (Å²) >= 11 is 1.35. The molecule has 4 rings (SSSR count). The largest absolute Gasteiger partial charge is 0.426 e. The van der Waals surface area contributed by atoms with Crippen molar-refractivity contribution in [2.45, 2.75) is 32.7 Å². The molecule has 0 spiro atoms. The third-order valence-electron chi connectivity index (χ3n) is 6.90. The second-order valence-corrected chi connectivity index (χ2v) is 9.98. The average Bonchev–Trinajstić information content (AvgIpc) is 2.92. The van der Waals surface area contributed by atoms with Gasteiger partial charge in [-0.2, -0.15) is 0 Å². The van der Waals surface area contributed by atoms with Crippen molar-refractivity contribution >= 4 is 28.9 Å². The molecule has 190 valence electrons. The van der Waals surface area contributed by atoms with E-state index in [2.05, 4.69) is 90.4 Å². The van der Waals surface area contributed by atoms with Crippen LogP contribution in [0.4, 0.5) is 5.69 Å². The van der Waals surface area contributed by atoms with Crippen molar-refractivity contribution < 1.29 is 9.29 Å². The van der Waals surface area contributed by atoms with Crippen LogP contribution in [0.1, 0.15) is 43.4 Å². The zero-order valence-corrected chi connectivity index (χ0v) is 22.5. The second-order valence-electron chi connectivity index (χ2n) is 9.48. The third-order valence-corrected chi connectivity index (χ3v) is 7.26. The molecule has 0 aromatic heterocycles. The number of rotatable bonds is 10. The molecule has 1 saturated heterocycles. The molecule has 1 aliphatic heterocycles. The maximum absolute atomic E-state index is 9.66. The molecule has 3 aromatic rings. The monoisotopic (exact) mass is 502 g/mol. The number of hydrogen-bond donors (Lipinski definition) is 1. The van der Waals surface area contributed by atoms with Crippen LogP contribution in [-0.2, 0) is 0 Å². The lowest BCUT2D eigenvalue weighted by Crippen LogP contribution is -2.48. The van der Waals surface area contributed by atoms with Gasteiger partial charge in [-0.25, -0.2) is 0 Å². The predicted molar refractivity (Wildman–Crippen MR) is 155 cm³/mol. The van der Waals surface area contributed by atoms with Gasteiger partial charge in [0.25, 0.3) is 0 Å². The van der Waals surface area contributed by atoms with E-state index < -0.39 is 0 Å². The van der Waals surface area contributed by atoms with Crippen LogP contribution >= 0.6 is 12.0 Å². The number of aliphatic hydroxyl groups is 1. The Balaban J connectivity index is 1.72. The first-order valence-corrected chi connectivity index (χ1v) is 14.1. The summed E-state index contributed by atoms with van der Waals surface area (Å²) in [5.74, 6) is 0.845. The van der Waals surface area contributed by atoms with Gasteiger partial charge in [0.05, 0.1) is 12.0 Å². The van der Waals surface area contributed by atoms with Crippen molar-refractivity contribution in [2.24, 2.45) is 0 Å². The summed E-state index contributed by atoms with van der Waals surface area (Å²) in [6, 6.07) is 28.5. The Morgan fingerprint density at radius 3 is 2.00 bits per heavy atom. The molecule has 1 fully saturated rings. The molecule has 0 saturated carbocycles. The van der Waals surface area contributed by atoms with Gasteiger partial charge in [0.15, 0.2) is 0 Å². The fraction of sp³-hybridized carbons (Fsp3) is 0.355. The molecule has 0 atom stereocenters. The van der Waals surface area contributed by atoms with Gasteiger partial charge in [0.1, 0.15) is 5.75 Å². The molecular weight excluding hydrogens is 464 g/mol. The van der Waals surface area contributed by atoms with Crippen molar-refractivity contribution in [2.75, 3.05) is 43.9 Å². The Bertz CT molecular complexity index is 1100. The van der Waals surface area contributed by atoms with Gasteiger partial charge in [0.2, 0.25) is 0 Å². The average molecular weight is 503 g/mol. The smallest absolute Gasteiger partial charge is 0.137 e. The van der Waals surface area contributed by atoms with E-state index in [-0.39, 0.29) is 6.61 Å². The van der Waals surface area contributed by atoms with Crippen molar-refractivity contribution in [3.05, 3.63) is 95.6 Å². The molecule has 0 amide bonds. The fourth-order valence-corrected chi connectivity index (χ4v) is 5.24.